The molecule has 0 amide bonds. The zero-order valence-electron chi connectivity index (χ0n) is 34.5. The molecule has 286 valence electrons. The van der Waals surface area contributed by atoms with Gasteiger partial charge in [0.05, 0.1) is 0 Å². The molecule has 2 nitrogen and oxygen atoms in total. The third-order valence-electron chi connectivity index (χ3n) is 15.0. The van der Waals surface area contributed by atoms with Crippen molar-refractivity contribution in [3.8, 4) is 22.3 Å². The molecule has 5 aromatic carbocycles. The highest BCUT2D eigenvalue weighted by Crippen LogP contribution is 2.63. The fraction of sp³-hybridized carbons (Fsp3) is 0.286. The first-order valence-corrected chi connectivity index (χ1v) is 22.0. The number of aryl methyl sites for hydroxylation is 1. The van der Waals surface area contributed by atoms with Crippen molar-refractivity contribution in [3.63, 3.8) is 0 Å². The summed E-state index contributed by atoms with van der Waals surface area (Å²) >= 11 is 0. The van der Waals surface area contributed by atoms with E-state index >= 15 is 0 Å². The van der Waals surface area contributed by atoms with Crippen molar-refractivity contribution in [2.75, 3.05) is 9.80 Å². The Morgan fingerprint density at radius 2 is 1.02 bits per heavy atom. The largest absolute Gasteiger partial charge is 0.314 e. The summed E-state index contributed by atoms with van der Waals surface area (Å²) in [4.78, 5) is 5.29. The summed E-state index contributed by atoms with van der Waals surface area (Å²) in [5.74, 6) is 0. The summed E-state index contributed by atoms with van der Waals surface area (Å²) in [7, 11) is 0. The zero-order valence-corrected chi connectivity index (χ0v) is 34.5. The van der Waals surface area contributed by atoms with Gasteiger partial charge in [0.1, 0.15) is 0 Å². The predicted molar refractivity (Wildman–Crippen MR) is 244 cm³/mol. The van der Waals surface area contributed by atoms with Gasteiger partial charge in [-0.1, -0.05) is 113 Å². The van der Waals surface area contributed by atoms with Crippen LogP contribution in [0.25, 0.3) is 33.0 Å². The van der Waals surface area contributed by atoms with Gasteiger partial charge >= 0.3 is 0 Å². The van der Waals surface area contributed by atoms with Crippen LogP contribution in [0, 0.1) is 0 Å². The van der Waals surface area contributed by atoms with Gasteiger partial charge in [-0.2, -0.15) is 0 Å². The zero-order chi connectivity index (χ0) is 38.9. The van der Waals surface area contributed by atoms with Gasteiger partial charge < -0.3 is 9.80 Å². The van der Waals surface area contributed by atoms with E-state index in [1.54, 1.807) is 5.57 Å². The van der Waals surface area contributed by atoms with Crippen LogP contribution in [-0.2, 0) is 17.3 Å². The van der Waals surface area contributed by atoms with Gasteiger partial charge in [-0.25, -0.2) is 0 Å². The van der Waals surface area contributed by atoms with Gasteiger partial charge in [-0.15, -0.1) is 0 Å². The molecule has 0 saturated carbocycles. The number of para-hydroxylation sites is 1. The molecule has 0 aromatic heterocycles. The maximum absolute atomic E-state index is 2.67. The second kappa shape index (κ2) is 12.5. The van der Waals surface area contributed by atoms with Crippen LogP contribution >= 0.6 is 0 Å². The van der Waals surface area contributed by atoms with Crippen LogP contribution in [0.3, 0.4) is 0 Å². The fourth-order valence-electron chi connectivity index (χ4n) is 12.3. The van der Waals surface area contributed by atoms with Crippen LogP contribution in [0.4, 0.5) is 17.1 Å². The number of rotatable bonds is 2. The average Bonchev–Trinajstić information content (AvgIpc) is 3.44. The number of hydrogen-bond acceptors (Lipinski definition) is 2. The number of benzene rings is 5. The average molecular weight is 753 g/mol. The number of fused-ring (bicyclic) bond motifs is 11. The van der Waals surface area contributed by atoms with Crippen molar-refractivity contribution in [2.24, 2.45) is 0 Å². The molecular weight excluding hydrogens is 701 g/mol. The summed E-state index contributed by atoms with van der Waals surface area (Å²) in [6.45, 7) is 10.1. The van der Waals surface area contributed by atoms with Gasteiger partial charge in [-0.05, 0) is 178 Å². The van der Waals surface area contributed by atoms with Crippen LogP contribution in [0.1, 0.15) is 113 Å². The number of nitrogens with zero attached hydrogens (tertiary/aromatic N) is 2. The Morgan fingerprint density at radius 3 is 1.67 bits per heavy atom. The second-order valence-corrected chi connectivity index (χ2v) is 18.8. The maximum Gasteiger partial charge on any atom is 0.0490 e. The molecule has 0 unspecified atom stereocenters. The van der Waals surface area contributed by atoms with Crippen molar-refractivity contribution >= 4 is 27.8 Å². The standard InChI is InChI=1S/C56H52N2/c1-55(2)45-33-39(57-47-21-11-5-15-35(47)25-26-36-16-6-12-22-48(36)57)29-31-43(45)51-41-19-9-10-20-42(41)52-44-32-30-40(34-46(44)56(3,4)54(52)53(51)55)58-49-23-13-7-17-37(49)27-28-38-18-8-14-24-50(38)58/h5-7,9-11,14-17,19-21,24,29-34H,8,12-13,18,22-23,25-28H2,1-4H3. The molecule has 2 heterocycles. The van der Waals surface area contributed by atoms with E-state index in [0.717, 1.165) is 57.8 Å². The Bertz CT molecular complexity index is 2840. The van der Waals surface area contributed by atoms with Gasteiger partial charge in [0.25, 0.3) is 0 Å². The first kappa shape index (κ1) is 34.4. The van der Waals surface area contributed by atoms with Crippen LogP contribution in [-0.4, -0.2) is 0 Å². The number of hydrogen-bond donors (Lipinski definition) is 0. The predicted octanol–water partition coefficient (Wildman–Crippen LogP) is 14.9. The highest BCUT2D eigenvalue weighted by atomic mass is 15.2. The number of allylic oxidation sites excluding steroid dienone is 11. The molecule has 0 atom stereocenters. The molecular formula is C56H52N2. The lowest BCUT2D eigenvalue weighted by atomic mass is 9.71. The molecule has 58 heavy (non-hydrogen) atoms. The van der Waals surface area contributed by atoms with Crippen LogP contribution < -0.4 is 9.80 Å². The highest BCUT2D eigenvalue weighted by molar-refractivity contribution is 6.13. The van der Waals surface area contributed by atoms with E-state index in [1.807, 2.05) is 0 Å². The van der Waals surface area contributed by atoms with Gasteiger partial charge in [0.15, 0.2) is 0 Å². The van der Waals surface area contributed by atoms with E-state index in [0.29, 0.717) is 0 Å². The Labute approximate surface area is 344 Å². The Morgan fingerprint density at radius 1 is 0.483 bits per heavy atom. The molecule has 0 bridgehead atoms. The lowest BCUT2D eigenvalue weighted by molar-refractivity contribution is 0.602. The smallest absolute Gasteiger partial charge is 0.0490 e. The molecule has 2 heteroatoms. The normalized spacial score (nSPS) is 20.6. The van der Waals surface area contributed by atoms with E-state index < -0.39 is 0 Å². The third kappa shape index (κ3) is 4.72. The summed E-state index contributed by atoms with van der Waals surface area (Å²) in [5.41, 5.74) is 25.7. The van der Waals surface area contributed by atoms with E-state index in [2.05, 4.69) is 159 Å². The van der Waals surface area contributed by atoms with Crippen LogP contribution in [0.15, 0.2) is 155 Å². The molecule has 12 rings (SSSR count). The topological polar surface area (TPSA) is 6.48 Å². The summed E-state index contributed by atoms with van der Waals surface area (Å²) in [6.07, 6.45) is 25.6. The molecule has 5 aliphatic carbocycles. The molecule has 0 radical (unpaired) electrons. The highest BCUT2D eigenvalue weighted by Gasteiger charge is 2.48. The lowest BCUT2D eigenvalue weighted by Crippen LogP contribution is -2.26. The summed E-state index contributed by atoms with van der Waals surface area (Å²) in [5, 5.41) is 2.76. The van der Waals surface area contributed by atoms with Crippen molar-refractivity contribution in [1.29, 1.82) is 0 Å². The summed E-state index contributed by atoms with van der Waals surface area (Å²) in [6, 6.07) is 33.4. The van der Waals surface area contributed by atoms with E-state index in [4.69, 9.17) is 0 Å². The van der Waals surface area contributed by atoms with Crippen LogP contribution in [0.5, 0.6) is 0 Å². The van der Waals surface area contributed by atoms with Gasteiger partial charge in [0.2, 0.25) is 0 Å². The van der Waals surface area contributed by atoms with Crippen molar-refractivity contribution < 1.29 is 0 Å². The fourth-order valence-corrected chi connectivity index (χ4v) is 12.3. The Hall–Kier alpha value is -5.60. The molecule has 2 aliphatic heterocycles. The van der Waals surface area contributed by atoms with Crippen LogP contribution in [0.2, 0.25) is 0 Å². The number of anilines is 3. The first-order valence-electron chi connectivity index (χ1n) is 22.0. The second-order valence-electron chi connectivity index (χ2n) is 18.8. The quantitative estimate of drug-likeness (QED) is 0.177. The lowest BCUT2D eigenvalue weighted by Gasteiger charge is -2.34. The minimum Gasteiger partial charge on any atom is -0.314 e. The third-order valence-corrected chi connectivity index (χ3v) is 15.0. The molecule has 7 aliphatic rings. The van der Waals surface area contributed by atoms with Gasteiger partial charge in [0, 0.05) is 45.0 Å². The maximum atomic E-state index is 2.67. The molecule has 5 aromatic rings. The minimum absolute atomic E-state index is 0.191. The minimum atomic E-state index is -0.197. The van der Waals surface area contributed by atoms with Crippen molar-refractivity contribution in [2.45, 2.75) is 103 Å². The summed E-state index contributed by atoms with van der Waals surface area (Å²) < 4.78 is 0. The Kier molecular flexibility index (Phi) is 7.39. The van der Waals surface area contributed by atoms with E-state index in [9.17, 15) is 0 Å². The Balaban J connectivity index is 1.05. The molecule has 0 saturated heterocycles. The first-order chi connectivity index (χ1) is 28.3. The SMILES string of the molecule is CC1(C)c2cc(N3C4=C(CCC=C4)CCC4=C3CCC=C4)ccc2-c2c1c1c(c3ccccc23)-c2ccc(N3C4=C(C=CCC4)CCc4ccccc43)cc2C1(C)C. The van der Waals surface area contributed by atoms with E-state index in [-0.39, 0.29) is 10.8 Å². The molecule has 0 spiro atoms. The van der Waals surface area contributed by atoms with Gasteiger partial charge in [-0.3, -0.25) is 0 Å². The monoisotopic (exact) mass is 752 g/mol. The molecule has 0 N–H and O–H groups in total. The van der Waals surface area contributed by atoms with Crippen molar-refractivity contribution in [1.82, 2.24) is 0 Å². The molecule has 0 fully saturated rings. The van der Waals surface area contributed by atoms with Crippen molar-refractivity contribution in [3.05, 3.63) is 183 Å². The van der Waals surface area contributed by atoms with E-state index in [1.165, 1.54) is 113 Å².